The van der Waals surface area contributed by atoms with Crippen molar-refractivity contribution in [1.82, 2.24) is 19.8 Å². The normalized spacial score (nSPS) is 19.7. The van der Waals surface area contributed by atoms with E-state index in [0.29, 0.717) is 68.6 Å². The Morgan fingerprint density at radius 2 is 1.76 bits per heavy atom. The molecule has 1 saturated heterocycles. The molecule has 4 atom stereocenters. The fourth-order valence-corrected chi connectivity index (χ4v) is 9.87. The molecule has 4 aromatic rings. The monoisotopic (exact) mass is 923 g/mol. The molecule has 3 heterocycles. The maximum absolute atomic E-state index is 14.1. The third-order valence-corrected chi connectivity index (χ3v) is 13.7. The first-order valence-corrected chi connectivity index (χ1v) is 23.6. The van der Waals surface area contributed by atoms with Crippen LogP contribution in [0.3, 0.4) is 0 Å². The molecule has 1 aliphatic carbocycles. The molecule has 3 unspecified atom stereocenters. The van der Waals surface area contributed by atoms with Crippen molar-refractivity contribution in [2.24, 2.45) is 11.3 Å². The lowest BCUT2D eigenvalue weighted by Gasteiger charge is -2.47. The summed E-state index contributed by atoms with van der Waals surface area (Å²) in [7, 11) is 0. The molecule has 2 fully saturated rings. The molecule has 3 aromatic carbocycles. The highest BCUT2D eigenvalue weighted by Gasteiger charge is 2.46. The summed E-state index contributed by atoms with van der Waals surface area (Å²) >= 11 is 3.58. The fourth-order valence-electron chi connectivity index (χ4n) is 9.52. The number of fused-ring (bicyclic) bond motifs is 3. The Balaban J connectivity index is 0.852. The zero-order chi connectivity index (χ0) is 44.5. The van der Waals surface area contributed by atoms with E-state index >= 15 is 0 Å². The van der Waals surface area contributed by atoms with Gasteiger partial charge >= 0.3 is 6.03 Å². The Morgan fingerprint density at radius 3 is 2.56 bits per heavy atom. The number of halogens is 1. The van der Waals surface area contributed by atoms with Gasteiger partial charge in [-0.3, -0.25) is 20.0 Å². The summed E-state index contributed by atoms with van der Waals surface area (Å²) in [5, 5.41) is 9.58. The van der Waals surface area contributed by atoms with Crippen LogP contribution in [0.2, 0.25) is 0 Å². The Hall–Kier alpha value is -4.56. The van der Waals surface area contributed by atoms with Crippen LogP contribution in [0.25, 0.3) is 0 Å². The summed E-state index contributed by atoms with van der Waals surface area (Å²) in [6.07, 6.45) is 9.80. The number of aryl methyl sites for hydroxylation is 4. The molecule has 0 bridgehead atoms. The Morgan fingerprint density at radius 1 is 0.952 bits per heavy atom. The third kappa shape index (κ3) is 12.4. The highest BCUT2D eigenvalue weighted by Crippen LogP contribution is 2.52. The molecule has 3 amide bonds. The Labute approximate surface area is 382 Å². The van der Waals surface area contributed by atoms with Gasteiger partial charge in [0.1, 0.15) is 18.5 Å². The molecule has 0 spiro atoms. The molecular formula is C50H66BrN7O5. The second-order valence-electron chi connectivity index (χ2n) is 18.5. The lowest BCUT2D eigenvalue weighted by atomic mass is 9.69. The number of aromatic nitrogens is 2. The average Bonchev–Trinajstić information content (AvgIpc) is 3.76. The minimum absolute atomic E-state index is 0.0665. The van der Waals surface area contributed by atoms with Gasteiger partial charge in [0.2, 0.25) is 0 Å². The molecule has 1 aromatic heterocycles. The van der Waals surface area contributed by atoms with Crippen LogP contribution >= 0.6 is 15.9 Å². The van der Waals surface area contributed by atoms with Crippen molar-refractivity contribution in [1.29, 1.82) is 0 Å². The number of urea groups is 1. The van der Waals surface area contributed by atoms with Gasteiger partial charge in [-0.1, -0.05) is 71.6 Å². The lowest BCUT2D eigenvalue weighted by molar-refractivity contribution is -0.0481. The second kappa shape index (κ2) is 21.4. The van der Waals surface area contributed by atoms with Gasteiger partial charge in [0, 0.05) is 60.0 Å². The van der Waals surface area contributed by atoms with Crippen LogP contribution in [-0.4, -0.2) is 103 Å². The van der Waals surface area contributed by atoms with Crippen LogP contribution in [-0.2, 0) is 9.47 Å². The van der Waals surface area contributed by atoms with E-state index in [0.717, 1.165) is 65.8 Å². The summed E-state index contributed by atoms with van der Waals surface area (Å²) < 4.78 is 19.4. The largest absolute Gasteiger partial charge is 0.489 e. The van der Waals surface area contributed by atoms with Crippen molar-refractivity contribution in [3.05, 3.63) is 105 Å². The number of nitrogens with zero attached hydrogens (tertiary/aromatic N) is 4. The van der Waals surface area contributed by atoms with E-state index in [9.17, 15) is 9.59 Å². The van der Waals surface area contributed by atoms with Crippen LogP contribution in [0.15, 0.2) is 71.5 Å². The van der Waals surface area contributed by atoms with Crippen LogP contribution in [0.5, 0.6) is 5.75 Å². The standard InChI is InChI=1S/C50H66BrN7O5/c1-33-13-16-37(17-14-33)48(59)58(32-50(5,6)47-40-12-10-11-39(40)41-25-34(2)15-18-43(41)54-47)21-23-61-22-9-7-8-19-57-20-24-62-38(30-57)31-63-45-26-35(3)42(51)27-44(45)55-49(60)56-46-29-52-36(4)28-53-46/h13-18,25-29,38-40,47,54H,7-12,19-24,30-32H2,1-6H3,(H2,53,55,56,60)/t38-,39?,40?,47?/m0/s1. The molecule has 13 heteroatoms. The van der Waals surface area contributed by atoms with E-state index in [4.69, 9.17) is 14.2 Å². The third-order valence-electron chi connectivity index (χ3n) is 12.9. The number of carbonyl (C=O) groups is 2. The van der Waals surface area contributed by atoms with Crippen LogP contribution in [0.4, 0.5) is 22.0 Å². The minimum atomic E-state index is -0.440. The van der Waals surface area contributed by atoms with Gasteiger partial charge in [0.25, 0.3) is 5.91 Å². The summed E-state index contributed by atoms with van der Waals surface area (Å²) in [5.74, 6) is 2.12. The summed E-state index contributed by atoms with van der Waals surface area (Å²) in [5.41, 5.74) is 8.06. The van der Waals surface area contributed by atoms with E-state index in [1.54, 1.807) is 6.20 Å². The number of ether oxygens (including phenoxy) is 3. The van der Waals surface area contributed by atoms with E-state index in [2.05, 4.69) is 92.6 Å². The number of unbranched alkanes of at least 4 members (excludes halogenated alkanes) is 2. The van der Waals surface area contributed by atoms with Gasteiger partial charge < -0.3 is 29.7 Å². The molecule has 1 saturated carbocycles. The molecule has 63 heavy (non-hydrogen) atoms. The highest BCUT2D eigenvalue weighted by molar-refractivity contribution is 9.10. The number of amides is 3. The fraction of sp³-hybridized carbons (Fsp3) is 0.520. The zero-order valence-electron chi connectivity index (χ0n) is 38.0. The number of morpholine rings is 1. The predicted molar refractivity (Wildman–Crippen MR) is 254 cm³/mol. The first-order valence-electron chi connectivity index (χ1n) is 22.8. The van der Waals surface area contributed by atoms with Crippen molar-refractivity contribution in [2.45, 2.75) is 98.1 Å². The molecular weight excluding hydrogens is 858 g/mol. The van der Waals surface area contributed by atoms with Crippen molar-refractivity contribution in [3.8, 4) is 5.75 Å². The van der Waals surface area contributed by atoms with Crippen LogP contribution in [0.1, 0.15) is 96.6 Å². The maximum Gasteiger partial charge on any atom is 0.325 e. The molecule has 3 N–H and O–H groups in total. The van der Waals surface area contributed by atoms with Crippen molar-refractivity contribution >= 4 is 45.1 Å². The topological polar surface area (TPSA) is 130 Å². The lowest BCUT2D eigenvalue weighted by Crippen LogP contribution is -2.52. The number of anilines is 3. The van der Waals surface area contributed by atoms with Gasteiger partial charge in [0.15, 0.2) is 5.82 Å². The van der Waals surface area contributed by atoms with Crippen molar-refractivity contribution < 1.29 is 23.8 Å². The highest BCUT2D eigenvalue weighted by atomic mass is 79.9. The number of benzene rings is 3. The smallest absolute Gasteiger partial charge is 0.325 e. The number of nitrogens with one attached hydrogen (secondary N) is 3. The molecule has 7 rings (SSSR count). The van der Waals surface area contributed by atoms with E-state index < -0.39 is 6.03 Å². The van der Waals surface area contributed by atoms with Crippen molar-refractivity contribution in [2.75, 3.05) is 75.1 Å². The summed E-state index contributed by atoms with van der Waals surface area (Å²) in [6.45, 7) is 18.7. The van der Waals surface area contributed by atoms with E-state index in [-0.39, 0.29) is 23.5 Å². The molecule has 2 aliphatic heterocycles. The van der Waals surface area contributed by atoms with Crippen molar-refractivity contribution in [3.63, 3.8) is 0 Å². The Bertz CT molecular complexity index is 2170. The summed E-state index contributed by atoms with van der Waals surface area (Å²) in [4.78, 5) is 39.8. The van der Waals surface area contributed by atoms with Crippen LogP contribution in [0, 0.1) is 39.0 Å². The number of rotatable bonds is 18. The minimum Gasteiger partial charge on any atom is -0.489 e. The van der Waals surface area contributed by atoms with E-state index in [1.807, 2.05) is 55.1 Å². The SMILES string of the molecule is Cc1ccc(C(=O)N(CCOCCCCCN2CCO[C@H](COc3cc(C)c(Br)cc3NC(=O)Nc3cnc(C)cn3)C2)CC(C)(C)C2Nc3ccc(C)cc3C3CCCC32)cc1. The molecule has 3 aliphatic rings. The molecule has 338 valence electrons. The van der Waals surface area contributed by atoms with Crippen LogP contribution < -0.4 is 20.7 Å². The van der Waals surface area contributed by atoms with Gasteiger partial charge in [-0.15, -0.1) is 0 Å². The maximum atomic E-state index is 14.1. The van der Waals surface area contributed by atoms with E-state index in [1.165, 1.54) is 42.3 Å². The Kier molecular flexibility index (Phi) is 15.8. The van der Waals surface area contributed by atoms with Gasteiger partial charge in [-0.2, -0.15) is 0 Å². The predicted octanol–water partition coefficient (Wildman–Crippen LogP) is 9.93. The van der Waals surface area contributed by atoms with Gasteiger partial charge in [-0.05, 0) is 120 Å². The molecule has 12 nitrogen and oxygen atoms in total. The first-order chi connectivity index (χ1) is 30.3. The molecule has 0 radical (unpaired) electrons. The second-order valence-corrected chi connectivity index (χ2v) is 19.3. The summed E-state index contributed by atoms with van der Waals surface area (Å²) in [6, 6.07) is 18.4. The number of hydrogen-bond donors (Lipinski definition) is 3. The van der Waals surface area contributed by atoms with Gasteiger partial charge in [0.05, 0.1) is 37.0 Å². The number of hydrogen-bond acceptors (Lipinski definition) is 9. The zero-order valence-corrected chi connectivity index (χ0v) is 39.6. The average molecular weight is 925 g/mol. The van der Waals surface area contributed by atoms with Gasteiger partial charge in [-0.25, -0.2) is 9.78 Å². The quantitative estimate of drug-likeness (QED) is 0.0836. The number of carbonyl (C=O) groups excluding carboxylic acids is 2. The first kappa shape index (κ1) is 46.4.